The fraction of sp³-hybridized carbons (Fsp3) is 0.182. The summed E-state index contributed by atoms with van der Waals surface area (Å²) < 4.78 is 0. The van der Waals surface area contributed by atoms with Crippen LogP contribution in [0.1, 0.15) is 29.7 Å². The summed E-state index contributed by atoms with van der Waals surface area (Å²) in [7, 11) is 0. The van der Waals surface area contributed by atoms with Crippen LogP contribution in [0.25, 0.3) is 16.8 Å². The van der Waals surface area contributed by atoms with Gasteiger partial charge in [-0.15, -0.1) is 0 Å². The van der Waals surface area contributed by atoms with E-state index in [1.807, 2.05) is 24.3 Å². The van der Waals surface area contributed by atoms with Crippen molar-refractivity contribution in [1.82, 2.24) is 5.32 Å². The van der Waals surface area contributed by atoms with Gasteiger partial charge in [0.05, 0.1) is 6.61 Å². The second-order valence-corrected chi connectivity index (χ2v) is 5.96. The Bertz CT molecular complexity index is 833. The Morgan fingerprint density at radius 2 is 1.71 bits per heavy atom. The molecule has 0 fully saturated rings. The first-order valence-electron chi connectivity index (χ1n) is 8.36. The molecule has 0 saturated heterocycles. The highest BCUT2D eigenvalue weighted by atomic mass is 16.3. The first kappa shape index (κ1) is 16.4. The zero-order valence-electron chi connectivity index (χ0n) is 13.9. The molecule has 122 valence electrons. The molecule has 2 N–H and O–H groups in total. The van der Waals surface area contributed by atoms with Crippen LogP contribution in [0.15, 0.2) is 72.8 Å². The van der Waals surface area contributed by atoms with Gasteiger partial charge in [0.1, 0.15) is 0 Å². The molecule has 0 aliphatic rings. The Morgan fingerprint density at radius 3 is 2.58 bits per heavy atom. The number of fused-ring (bicyclic) bond motifs is 1. The van der Waals surface area contributed by atoms with Crippen molar-refractivity contribution in [3.63, 3.8) is 0 Å². The minimum atomic E-state index is 0.0698. The third-order valence-electron chi connectivity index (χ3n) is 4.35. The van der Waals surface area contributed by atoms with E-state index in [2.05, 4.69) is 66.9 Å². The quantitative estimate of drug-likeness (QED) is 0.691. The highest BCUT2D eigenvalue weighted by molar-refractivity contribution is 5.86. The normalized spacial score (nSPS) is 12.8. The Hall–Kier alpha value is -2.42. The van der Waals surface area contributed by atoms with E-state index >= 15 is 0 Å². The Kier molecular flexibility index (Phi) is 5.42. The highest BCUT2D eigenvalue weighted by Crippen LogP contribution is 2.23. The lowest BCUT2D eigenvalue weighted by Gasteiger charge is -2.15. The van der Waals surface area contributed by atoms with Crippen LogP contribution in [0.5, 0.6) is 0 Å². The van der Waals surface area contributed by atoms with Crippen molar-refractivity contribution in [1.29, 1.82) is 0 Å². The van der Waals surface area contributed by atoms with Gasteiger partial charge in [-0.3, -0.25) is 0 Å². The van der Waals surface area contributed by atoms with Crippen molar-refractivity contribution >= 4 is 16.8 Å². The minimum Gasteiger partial charge on any atom is -0.392 e. The lowest BCUT2D eigenvalue weighted by Crippen LogP contribution is -2.18. The third-order valence-corrected chi connectivity index (χ3v) is 4.35. The number of hydrogen-bond donors (Lipinski definition) is 2. The van der Waals surface area contributed by atoms with E-state index in [-0.39, 0.29) is 12.6 Å². The Labute approximate surface area is 143 Å². The first-order valence-corrected chi connectivity index (χ1v) is 8.36. The predicted octanol–water partition coefficient (Wildman–Crippen LogP) is 4.70. The second kappa shape index (κ2) is 7.91. The maximum Gasteiger partial charge on any atom is 0.0687 e. The molecule has 3 aromatic carbocycles. The topological polar surface area (TPSA) is 32.3 Å². The van der Waals surface area contributed by atoms with E-state index in [4.69, 9.17) is 0 Å². The first-order chi connectivity index (χ1) is 11.8. The average molecular weight is 317 g/mol. The van der Waals surface area contributed by atoms with Gasteiger partial charge in [0.25, 0.3) is 0 Å². The molecule has 0 bridgehead atoms. The van der Waals surface area contributed by atoms with Crippen molar-refractivity contribution in [2.45, 2.75) is 19.6 Å². The molecule has 2 nitrogen and oxygen atoms in total. The maximum absolute atomic E-state index is 9.36. The van der Waals surface area contributed by atoms with Gasteiger partial charge < -0.3 is 10.4 Å². The monoisotopic (exact) mass is 317 g/mol. The van der Waals surface area contributed by atoms with Gasteiger partial charge in [0.2, 0.25) is 0 Å². The molecule has 0 radical (unpaired) electrons. The van der Waals surface area contributed by atoms with E-state index in [1.165, 1.54) is 16.3 Å². The molecule has 0 aliphatic heterocycles. The predicted molar refractivity (Wildman–Crippen MR) is 102 cm³/mol. The van der Waals surface area contributed by atoms with Crippen LogP contribution >= 0.6 is 0 Å². The van der Waals surface area contributed by atoms with E-state index in [9.17, 15) is 5.11 Å². The van der Waals surface area contributed by atoms with Crippen molar-refractivity contribution in [3.8, 4) is 0 Å². The number of aliphatic hydroxyl groups is 1. The molecule has 2 heteroatoms. The van der Waals surface area contributed by atoms with Gasteiger partial charge in [0.15, 0.2) is 0 Å². The van der Waals surface area contributed by atoms with Gasteiger partial charge in [-0.2, -0.15) is 0 Å². The molecular weight excluding hydrogens is 294 g/mol. The highest BCUT2D eigenvalue weighted by Gasteiger charge is 2.07. The summed E-state index contributed by atoms with van der Waals surface area (Å²) >= 11 is 0. The van der Waals surface area contributed by atoms with Crippen LogP contribution in [0.4, 0.5) is 0 Å². The van der Waals surface area contributed by atoms with E-state index in [0.29, 0.717) is 0 Å². The zero-order chi connectivity index (χ0) is 16.8. The largest absolute Gasteiger partial charge is 0.392 e. The van der Waals surface area contributed by atoms with Gasteiger partial charge in [-0.05, 0) is 34.4 Å². The minimum absolute atomic E-state index is 0.0698. The van der Waals surface area contributed by atoms with Crippen molar-refractivity contribution in [3.05, 3.63) is 89.5 Å². The van der Waals surface area contributed by atoms with Crippen LogP contribution in [0.2, 0.25) is 0 Å². The zero-order valence-corrected chi connectivity index (χ0v) is 13.9. The van der Waals surface area contributed by atoms with Crippen LogP contribution in [-0.2, 0) is 6.61 Å². The third kappa shape index (κ3) is 3.73. The molecular formula is C22H23NO. The van der Waals surface area contributed by atoms with Crippen LogP contribution in [0, 0.1) is 0 Å². The molecule has 0 unspecified atom stereocenters. The smallest absolute Gasteiger partial charge is 0.0687 e. The lowest BCUT2D eigenvalue weighted by molar-refractivity contribution is 0.281. The summed E-state index contributed by atoms with van der Waals surface area (Å²) in [5.74, 6) is 0. The van der Waals surface area contributed by atoms with Crippen molar-refractivity contribution in [2.75, 3.05) is 6.54 Å². The summed E-state index contributed by atoms with van der Waals surface area (Å²) in [5, 5.41) is 15.5. The molecule has 0 amide bonds. The molecule has 0 aliphatic carbocycles. The second-order valence-electron chi connectivity index (χ2n) is 5.96. The Balaban J connectivity index is 1.67. The summed E-state index contributed by atoms with van der Waals surface area (Å²) in [6, 6.07) is 23.1. The van der Waals surface area contributed by atoms with E-state index < -0.39 is 0 Å². The van der Waals surface area contributed by atoms with Gasteiger partial charge in [-0.1, -0.05) is 78.9 Å². The summed E-state index contributed by atoms with van der Waals surface area (Å²) in [6.45, 7) is 3.04. The number of hydrogen-bond acceptors (Lipinski definition) is 2. The maximum atomic E-state index is 9.36. The number of nitrogens with one attached hydrogen (secondary N) is 1. The molecule has 1 atom stereocenters. The summed E-state index contributed by atoms with van der Waals surface area (Å²) in [5.41, 5.74) is 3.34. The molecule has 0 aromatic heterocycles. The molecule has 3 aromatic rings. The average Bonchev–Trinajstić information content (AvgIpc) is 2.65. The van der Waals surface area contributed by atoms with E-state index in [0.717, 1.165) is 17.7 Å². The van der Waals surface area contributed by atoms with Gasteiger partial charge in [0, 0.05) is 12.6 Å². The summed E-state index contributed by atoms with van der Waals surface area (Å²) in [6.07, 6.45) is 4.17. The van der Waals surface area contributed by atoms with Gasteiger partial charge >= 0.3 is 0 Å². The molecule has 3 rings (SSSR count). The van der Waals surface area contributed by atoms with Crippen molar-refractivity contribution < 1.29 is 5.11 Å². The number of benzene rings is 3. The van der Waals surface area contributed by atoms with E-state index in [1.54, 1.807) is 0 Å². The Morgan fingerprint density at radius 1 is 0.958 bits per heavy atom. The molecule has 0 spiro atoms. The standard InChI is InChI=1S/C22H23NO/c1-17(21-14-6-11-19-9-4-5-13-22(19)21)23-15-7-12-18-8-2-3-10-20(18)16-24/h2-14,17,23-24H,15-16H2,1H3/b12-7+/t17-/m1/s1. The lowest BCUT2D eigenvalue weighted by atomic mass is 10.00. The van der Waals surface area contributed by atoms with Crippen LogP contribution in [0.3, 0.4) is 0 Å². The fourth-order valence-corrected chi connectivity index (χ4v) is 3.01. The fourth-order valence-electron chi connectivity index (χ4n) is 3.01. The van der Waals surface area contributed by atoms with Gasteiger partial charge in [-0.25, -0.2) is 0 Å². The van der Waals surface area contributed by atoms with Crippen molar-refractivity contribution in [2.24, 2.45) is 0 Å². The SMILES string of the molecule is C[C@@H](NC/C=C/c1ccccc1CO)c1cccc2ccccc12. The molecule has 24 heavy (non-hydrogen) atoms. The van der Waals surface area contributed by atoms with Crippen LogP contribution in [-0.4, -0.2) is 11.7 Å². The molecule has 0 saturated carbocycles. The van der Waals surface area contributed by atoms with Crippen LogP contribution < -0.4 is 5.32 Å². The summed E-state index contributed by atoms with van der Waals surface area (Å²) in [4.78, 5) is 0. The molecule has 0 heterocycles. The number of aliphatic hydroxyl groups excluding tert-OH is 1. The number of rotatable bonds is 6.